The van der Waals surface area contributed by atoms with Crippen LogP contribution in [0.2, 0.25) is 0 Å². The molecule has 0 aliphatic carbocycles. The van der Waals surface area contributed by atoms with E-state index in [1.165, 1.54) is 6.92 Å². The molecule has 2 aromatic rings. The van der Waals surface area contributed by atoms with Crippen molar-refractivity contribution in [3.8, 4) is 5.75 Å². The van der Waals surface area contributed by atoms with Gasteiger partial charge in [0.25, 0.3) is 17.4 Å². The number of ether oxygens (including phenoxy) is 1. The van der Waals surface area contributed by atoms with Crippen LogP contribution in [0, 0.1) is 0 Å². The van der Waals surface area contributed by atoms with Crippen LogP contribution in [0.4, 0.5) is 5.82 Å². The first-order valence-electron chi connectivity index (χ1n) is 8.84. The van der Waals surface area contributed by atoms with E-state index in [-0.39, 0.29) is 5.91 Å². The Bertz CT molecular complexity index is 794. The summed E-state index contributed by atoms with van der Waals surface area (Å²) in [6.45, 7) is 4.41. The molecule has 0 spiro atoms. The van der Waals surface area contributed by atoms with Crippen molar-refractivity contribution in [2.24, 2.45) is 0 Å². The maximum atomic E-state index is 13.1. The smallest absolute Gasteiger partial charge is 0.282 e. The quantitative estimate of drug-likeness (QED) is 0.811. The second-order valence-electron chi connectivity index (χ2n) is 6.44. The van der Waals surface area contributed by atoms with Crippen LogP contribution in [0.15, 0.2) is 48.7 Å². The van der Waals surface area contributed by atoms with Crippen LogP contribution in [0.5, 0.6) is 5.75 Å². The van der Waals surface area contributed by atoms with Gasteiger partial charge in [-0.15, -0.1) is 0 Å². The van der Waals surface area contributed by atoms with E-state index in [0.717, 1.165) is 18.4 Å². The third-order valence-electron chi connectivity index (χ3n) is 4.44. The second kappa shape index (κ2) is 7.56. The van der Waals surface area contributed by atoms with Crippen LogP contribution < -0.4 is 15.0 Å². The summed E-state index contributed by atoms with van der Waals surface area (Å²) < 4.78 is 5.83. The molecule has 3 rings (SSSR count). The summed E-state index contributed by atoms with van der Waals surface area (Å²) in [5, 5.41) is 2.82. The zero-order valence-corrected chi connectivity index (χ0v) is 15.1. The number of fused-ring (bicyclic) bond motifs is 1. The Balaban J connectivity index is 1.83. The number of pyridine rings is 1. The van der Waals surface area contributed by atoms with Crippen molar-refractivity contribution in [1.82, 2.24) is 10.3 Å². The van der Waals surface area contributed by atoms with Crippen molar-refractivity contribution in [1.29, 1.82) is 0 Å². The van der Waals surface area contributed by atoms with Crippen molar-refractivity contribution in [2.45, 2.75) is 38.8 Å². The van der Waals surface area contributed by atoms with E-state index in [1.807, 2.05) is 30.3 Å². The monoisotopic (exact) mass is 353 g/mol. The number of carbonyl (C=O) groups is 2. The maximum absolute atomic E-state index is 13.1. The Kier molecular flexibility index (Phi) is 5.21. The van der Waals surface area contributed by atoms with Gasteiger partial charge in [-0.25, -0.2) is 4.98 Å². The van der Waals surface area contributed by atoms with Gasteiger partial charge < -0.3 is 10.1 Å². The number of aromatic nitrogens is 1. The molecule has 0 radical (unpaired) electrons. The largest absolute Gasteiger partial charge is 0.464 e. The van der Waals surface area contributed by atoms with E-state index >= 15 is 0 Å². The van der Waals surface area contributed by atoms with Gasteiger partial charge in [-0.3, -0.25) is 14.5 Å². The molecule has 2 heterocycles. The van der Waals surface area contributed by atoms with Crippen molar-refractivity contribution in [3.05, 3.63) is 54.2 Å². The van der Waals surface area contributed by atoms with E-state index < -0.39 is 11.5 Å². The van der Waals surface area contributed by atoms with Gasteiger partial charge in [0.2, 0.25) is 0 Å². The molecule has 26 heavy (non-hydrogen) atoms. The van der Waals surface area contributed by atoms with Crippen LogP contribution in [0.1, 0.15) is 32.3 Å². The molecule has 1 unspecified atom stereocenters. The number of nitrogens with zero attached hydrogens (tertiary/aromatic N) is 2. The van der Waals surface area contributed by atoms with Crippen LogP contribution in [0.3, 0.4) is 0 Å². The Labute approximate surface area is 153 Å². The topological polar surface area (TPSA) is 71.5 Å². The highest BCUT2D eigenvalue weighted by Crippen LogP contribution is 2.36. The highest BCUT2D eigenvalue weighted by atomic mass is 16.5. The van der Waals surface area contributed by atoms with Crippen LogP contribution >= 0.6 is 0 Å². The van der Waals surface area contributed by atoms with Crippen molar-refractivity contribution in [3.63, 3.8) is 0 Å². The number of hydrogen-bond acceptors (Lipinski definition) is 4. The van der Waals surface area contributed by atoms with E-state index in [4.69, 9.17) is 4.74 Å². The fraction of sp³-hybridized carbons (Fsp3) is 0.350. The summed E-state index contributed by atoms with van der Waals surface area (Å²) in [7, 11) is 0. The first-order valence-corrected chi connectivity index (χ1v) is 8.84. The first kappa shape index (κ1) is 17.9. The van der Waals surface area contributed by atoms with Gasteiger partial charge in [-0.2, -0.15) is 0 Å². The lowest BCUT2D eigenvalue weighted by Crippen LogP contribution is -2.62. The molecule has 0 fully saturated rings. The van der Waals surface area contributed by atoms with Gasteiger partial charge in [0.15, 0.2) is 11.6 Å². The van der Waals surface area contributed by atoms with Gasteiger partial charge >= 0.3 is 0 Å². The summed E-state index contributed by atoms with van der Waals surface area (Å²) in [6, 6.07) is 13.0. The number of rotatable bonds is 6. The summed E-state index contributed by atoms with van der Waals surface area (Å²) in [6.07, 6.45) is 3.37. The molecule has 1 N–H and O–H groups in total. The maximum Gasteiger partial charge on any atom is 0.282 e. The highest BCUT2D eigenvalue weighted by Gasteiger charge is 2.50. The standard InChI is InChI=1S/C20H23N3O3/c1-3-4-13-23-17-16(11-8-12-21-17)26-20(2,19(23)25)18(24)22-14-15-9-6-5-7-10-15/h5-12H,3-4,13-14H2,1-2H3,(H,22,24). The number of anilines is 1. The average Bonchev–Trinajstić information content (AvgIpc) is 2.67. The zero-order chi connectivity index (χ0) is 18.6. The van der Waals surface area contributed by atoms with E-state index in [1.54, 1.807) is 23.2 Å². The normalized spacial score (nSPS) is 18.8. The van der Waals surface area contributed by atoms with Crippen molar-refractivity contribution in [2.75, 3.05) is 11.4 Å². The second-order valence-corrected chi connectivity index (χ2v) is 6.44. The minimum atomic E-state index is -1.61. The predicted octanol–water partition coefficient (Wildman–Crippen LogP) is 2.68. The molecule has 2 amide bonds. The number of unbranched alkanes of at least 4 members (excludes halogenated alkanes) is 1. The number of benzene rings is 1. The fourth-order valence-corrected chi connectivity index (χ4v) is 2.90. The van der Waals surface area contributed by atoms with Gasteiger partial charge in [0, 0.05) is 19.3 Å². The SMILES string of the molecule is CCCCN1C(=O)C(C)(C(=O)NCc2ccccc2)Oc2cccnc21. The molecule has 1 aliphatic heterocycles. The Morgan fingerprint density at radius 2 is 2.00 bits per heavy atom. The molecule has 1 atom stereocenters. The zero-order valence-electron chi connectivity index (χ0n) is 15.1. The molecule has 1 aliphatic rings. The highest BCUT2D eigenvalue weighted by molar-refractivity contribution is 6.16. The Morgan fingerprint density at radius 1 is 1.23 bits per heavy atom. The average molecular weight is 353 g/mol. The van der Waals surface area contributed by atoms with Crippen molar-refractivity contribution >= 4 is 17.6 Å². The number of amides is 2. The van der Waals surface area contributed by atoms with Crippen molar-refractivity contribution < 1.29 is 14.3 Å². The lowest BCUT2D eigenvalue weighted by Gasteiger charge is -2.38. The molecular formula is C20H23N3O3. The molecule has 0 saturated heterocycles. The Morgan fingerprint density at radius 3 is 2.73 bits per heavy atom. The third kappa shape index (κ3) is 3.40. The lowest BCUT2D eigenvalue weighted by molar-refractivity contribution is -0.148. The third-order valence-corrected chi connectivity index (χ3v) is 4.44. The van der Waals surface area contributed by atoms with Crippen LogP contribution in [0.25, 0.3) is 0 Å². The van der Waals surface area contributed by atoms with Gasteiger partial charge in [-0.05, 0) is 31.0 Å². The predicted molar refractivity (Wildman–Crippen MR) is 98.8 cm³/mol. The molecular weight excluding hydrogens is 330 g/mol. The summed E-state index contributed by atoms with van der Waals surface area (Å²) >= 11 is 0. The number of hydrogen-bond donors (Lipinski definition) is 1. The fourth-order valence-electron chi connectivity index (χ4n) is 2.90. The summed E-state index contributed by atoms with van der Waals surface area (Å²) in [4.78, 5) is 31.7. The minimum Gasteiger partial charge on any atom is -0.464 e. The van der Waals surface area contributed by atoms with E-state index in [0.29, 0.717) is 24.7 Å². The molecule has 0 saturated carbocycles. The molecule has 6 heteroatoms. The van der Waals surface area contributed by atoms with Gasteiger partial charge in [-0.1, -0.05) is 43.7 Å². The minimum absolute atomic E-state index is 0.334. The van der Waals surface area contributed by atoms with Gasteiger partial charge in [0.1, 0.15) is 0 Å². The molecule has 0 bridgehead atoms. The number of carbonyl (C=O) groups excluding carboxylic acids is 2. The number of nitrogens with one attached hydrogen (secondary N) is 1. The van der Waals surface area contributed by atoms with E-state index in [2.05, 4.69) is 17.2 Å². The molecule has 136 valence electrons. The molecule has 1 aromatic heterocycles. The van der Waals surface area contributed by atoms with Gasteiger partial charge in [0.05, 0.1) is 0 Å². The molecule has 1 aromatic carbocycles. The summed E-state index contributed by atoms with van der Waals surface area (Å²) in [5.74, 6) is 0.0740. The van der Waals surface area contributed by atoms with E-state index in [9.17, 15) is 9.59 Å². The molecule has 6 nitrogen and oxygen atoms in total. The summed E-state index contributed by atoms with van der Waals surface area (Å²) in [5.41, 5.74) is -0.656. The first-order chi connectivity index (χ1) is 12.6. The van der Waals surface area contributed by atoms with Crippen LogP contribution in [-0.2, 0) is 16.1 Å². The Hall–Kier alpha value is -2.89. The lowest BCUT2D eigenvalue weighted by atomic mass is 10.0. The van der Waals surface area contributed by atoms with Crippen LogP contribution in [-0.4, -0.2) is 28.9 Å².